The second-order valence-electron chi connectivity index (χ2n) is 11.7. The molecular formula is C44H28O. The summed E-state index contributed by atoms with van der Waals surface area (Å²) in [5.41, 5.74) is 11.5. The Bertz CT molecular complexity index is 2520. The maximum absolute atomic E-state index is 6.38. The zero-order valence-electron chi connectivity index (χ0n) is 24.6. The van der Waals surface area contributed by atoms with Gasteiger partial charge in [0.15, 0.2) is 0 Å². The van der Waals surface area contributed by atoms with Crippen LogP contribution in [0.15, 0.2) is 174 Å². The standard InChI is InChI=1S/C44H28O/c1-3-12-29(13-4-1)31-16-9-17-32(26-31)35-20-11-22-39-41(35)28-40-34(30-14-5-2-6-15-30)19-10-21-38(40)44(39)33-24-25-37-36-18-7-8-23-42(36)45-43(37)27-33/h1-28H. The van der Waals surface area contributed by atoms with Crippen molar-refractivity contribution in [3.8, 4) is 44.5 Å². The maximum Gasteiger partial charge on any atom is 0.136 e. The SMILES string of the molecule is c1ccc(-c2cccc(-c3cccc4c(-c5ccc6c(c5)oc5ccccc56)c5cccc(-c6ccccc6)c5cc34)c2)cc1. The molecule has 0 radical (unpaired) electrons. The smallest absolute Gasteiger partial charge is 0.136 e. The first-order chi connectivity index (χ1) is 22.3. The van der Waals surface area contributed by atoms with Crippen LogP contribution in [0.5, 0.6) is 0 Å². The van der Waals surface area contributed by atoms with Gasteiger partial charge < -0.3 is 4.42 Å². The summed E-state index contributed by atoms with van der Waals surface area (Å²) in [6.07, 6.45) is 0. The summed E-state index contributed by atoms with van der Waals surface area (Å²) in [7, 11) is 0. The molecule has 1 heterocycles. The summed E-state index contributed by atoms with van der Waals surface area (Å²) < 4.78 is 6.38. The molecule has 1 aromatic heterocycles. The molecule has 0 saturated carbocycles. The van der Waals surface area contributed by atoms with Crippen LogP contribution in [-0.4, -0.2) is 0 Å². The average molecular weight is 573 g/mol. The van der Waals surface area contributed by atoms with Crippen molar-refractivity contribution in [2.45, 2.75) is 0 Å². The van der Waals surface area contributed by atoms with Crippen molar-refractivity contribution in [2.24, 2.45) is 0 Å². The van der Waals surface area contributed by atoms with E-state index in [-0.39, 0.29) is 0 Å². The molecule has 0 atom stereocenters. The van der Waals surface area contributed by atoms with E-state index in [1.807, 2.05) is 12.1 Å². The minimum Gasteiger partial charge on any atom is -0.456 e. The van der Waals surface area contributed by atoms with Gasteiger partial charge in [0.05, 0.1) is 0 Å². The van der Waals surface area contributed by atoms with Crippen LogP contribution < -0.4 is 0 Å². The van der Waals surface area contributed by atoms with E-state index >= 15 is 0 Å². The van der Waals surface area contributed by atoms with E-state index in [0.717, 1.165) is 27.5 Å². The lowest BCUT2D eigenvalue weighted by molar-refractivity contribution is 0.669. The largest absolute Gasteiger partial charge is 0.456 e. The third-order valence-corrected chi connectivity index (χ3v) is 9.07. The third-order valence-electron chi connectivity index (χ3n) is 9.07. The van der Waals surface area contributed by atoms with E-state index in [4.69, 9.17) is 4.42 Å². The Hall–Kier alpha value is -5.92. The van der Waals surface area contributed by atoms with Crippen molar-refractivity contribution in [3.63, 3.8) is 0 Å². The second kappa shape index (κ2) is 10.4. The van der Waals surface area contributed by atoms with Gasteiger partial charge in [-0.15, -0.1) is 0 Å². The summed E-state index contributed by atoms with van der Waals surface area (Å²) in [6, 6.07) is 61.1. The van der Waals surface area contributed by atoms with Gasteiger partial charge in [-0.3, -0.25) is 0 Å². The molecule has 45 heavy (non-hydrogen) atoms. The fourth-order valence-electron chi connectivity index (χ4n) is 6.98. The molecule has 8 aromatic carbocycles. The minimum atomic E-state index is 0.907. The highest BCUT2D eigenvalue weighted by Gasteiger charge is 2.17. The Balaban J connectivity index is 1.36. The van der Waals surface area contributed by atoms with Crippen LogP contribution >= 0.6 is 0 Å². The lowest BCUT2D eigenvalue weighted by atomic mass is 9.86. The molecular weight excluding hydrogens is 544 g/mol. The fourth-order valence-corrected chi connectivity index (χ4v) is 6.98. The van der Waals surface area contributed by atoms with Crippen LogP contribution in [0, 0.1) is 0 Å². The van der Waals surface area contributed by atoms with Crippen molar-refractivity contribution in [1.82, 2.24) is 0 Å². The molecule has 0 aliphatic heterocycles. The summed E-state index contributed by atoms with van der Waals surface area (Å²) in [5.74, 6) is 0. The van der Waals surface area contributed by atoms with Crippen LogP contribution in [0.1, 0.15) is 0 Å². The Morgan fingerprint density at radius 1 is 0.267 bits per heavy atom. The highest BCUT2D eigenvalue weighted by Crippen LogP contribution is 2.44. The summed E-state index contributed by atoms with van der Waals surface area (Å²) >= 11 is 0. The van der Waals surface area contributed by atoms with E-state index in [1.165, 1.54) is 60.5 Å². The molecule has 0 aliphatic carbocycles. The van der Waals surface area contributed by atoms with Crippen LogP contribution in [0.4, 0.5) is 0 Å². The predicted molar refractivity (Wildman–Crippen MR) is 190 cm³/mol. The molecule has 0 saturated heterocycles. The van der Waals surface area contributed by atoms with E-state index in [9.17, 15) is 0 Å². The molecule has 9 aromatic rings. The van der Waals surface area contributed by atoms with Crippen molar-refractivity contribution in [1.29, 1.82) is 0 Å². The Kier molecular flexibility index (Phi) is 5.89. The van der Waals surface area contributed by atoms with Crippen molar-refractivity contribution >= 4 is 43.5 Å². The number of fused-ring (bicyclic) bond motifs is 5. The van der Waals surface area contributed by atoms with E-state index in [2.05, 4.69) is 158 Å². The van der Waals surface area contributed by atoms with Gasteiger partial charge in [-0.2, -0.15) is 0 Å². The molecule has 1 nitrogen and oxygen atoms in total. The Morgan fingerprint density at radius 3 is 1.58 bits per heavy atom. The van der Waals surface area contributed by atoms with Crippen molar-refractivity contribution in [3.05, 3.63) is 170 Å². The highest BCUT2D eigenvalue weighted by molar-refractivity contribution is 6.19. The average Bonchev–Trinajstić information content (AvgIpc) is 3.49. The number of hydrogen-bond acceptors (Lipinski definition) is 1. The quantitative estimate of drug-likeness (QED) is 0.191. The van der Waals surface area contributed by atoms with E-state index < -0.39 is 0 Å². The first-order valence-corrected chi connectivity index (χ1v) is 15.4. The zero-order chi connectivity index (χ0) is 29.7. The van der Waals surface area contributed by atoms with Gasteiger partial charge in [0.25, 0.3) is 0 Å². The number of rotatable bonds is 4. The molecule has 0 unspecified atom stereocenters. The molecule has 0 aliphatic rings. The molecule has 1 heteroatoms. The van der Waals surface area contributed by atoms with Gasteiger partial charge in [-0.25, -0.2) is 0 Å². The van der Waals surface area contributed by atoms with E-state index in [1.54, 1.807) is 0 Å². The third kappa shape index (κ3) is 4.24. The van der Waals surface area contributed by atoms with Gasteiger partial charge in [0.1, 0.15) is 11.2 Å². The molecule has 9 rings (SSSR count). The molecule has 0 bridgehead atoms. The predicted octanol–water partition coefficient (Wildman–Crippen LogP) is 12.6. The lowest BCUT2D eigenvalue weighted by Crippen LogP contribution is -1.91. The van der Waals surface area contributed by atoms with Crippen molar-refractivity contribution < 1.29 is 4.42 Å². The zero-order valence-corrected chi connectivity index (χ0v) is 24.6. The first-order valence-electron chi connectivity index (χ1n) is 15.4. The highest BCUT2D eigenvalue weighted by atomic mass is 16.3. The maximum atomic E-state index is 6.38. The lowest BCUT2D eigenvalue weighted by Gasteiger charge is -2.17. The molecule has 210 valence electrons. The van der Waals surface area contributed by atoms with Gasteiger partial charge in [0, 0.05) is 10.8 Å². The molecule has 0 spiro atoms. The normalized spacial score (nSPS) is 11.6. The second-order valence-corrected chi connectivity index (χ2v) is 11.7. The van der Waals surface area contributed by atoms with Gasteiger partial charge in [-0.05, 0) is 96.4 Å². The fraction of sp³-hybridized carbons (Fsp3) is 0. The topological polar surface area (TPSA) is 13.1 Å². The van der Waals surface area contributed by atoms with Gasteiger partial charge in [-0.1, -0.05) is 140 Å². The van der Waals surface area contributed by atoms with Crippen LogP contribution in [0.2, 0.25) is 0 Å². The molecule has 0 N–H and O–H groups in total. The van der Waals surface area contributed by atoms with Gasteiger partial charge in [0.2, 0.25) is 0 Å². The minimum absolute atomic E-state index is 0.907. The van der Waals surface area contributed by atoms with Crippen LogP contribution in [0.3, 0.4) is 0 Å². The summed E-state index contributed by atoms with van der Waals surface area (Å²) in [4.78, 5) is 0. The summed E-state index contributed by atoms with van der Waals surface area (Å²) in [6.45, 7) is 0. The Labute approximate surface area is 261 Å². The number of hydrogen-bond donors (Lipinski definition) is 0. The molecule has 0 fully saturated rings. The van der Waals surface area contributed by atoms with Crippen LogP contribution in [0.25, 0.3) is 88.0 Å². The van der Waals surface area contributed by atoms with Gasteiger partial charge >= 0.3 is 0 Å². The number of para-hydroxylation sites is 1. The summed E-state index contributed by atoms with van der Waals surface area (Å²) in [5, 5.41) is 7.22. The van der Waals surface area contributed by atoms with Crippen LogP contribution in [-0.2, 0) is 0 Å². The number of furan rings is 1. The van der Waals surface area contributed by atoms with Crippen molar-refractivity contribution in [2.75, 3.05) is 0 Å². The van der Waals surface area contributed by atoms with E-state index in [0.29, 0.717) is 0 Å². The Morgan fingerprint density at radius 2 is 0.822 bits per heavy atom. The molecule has 0 amide bonds. The first kappa shape index (κ1) is 25.6. The number of benzene rings is 8. The monoisotopic (exact) mass is 572 g/mol.